The van der Waals surface area contributed by atoms with Crippen molar-refractivity contribution in [3.05, 3.63) is 216 Å². The Morgan fingerprint density at radius 1 is 0.345 bits per heavy atom. The highest BCUT2D eigenvalue weighted by atomic mass is 16.5. The topological polar surface area (TPSA) is 22.4 Å². The average Bonchev–Trinajstić information content (AvgIpc) is 3.78. The summed E-state index contributed by atoms with van der Waals surface area (Å²) in [5, 5.41) is 4.62. The van der Waals surface area contributed by atoms with Crippen molar-refractivity contribution in [2.75, 3.05) is 0 Å². The molecule has 0 atom stereocenters. The monoisotopic (exact) mass is 700 g/mol. The zero-order valence-electron chi connectivity index (χ0n) is 29.8. The summed E-state index contributed by atoms with van der Waals surface area (Å²) in [5.41, 5.74) is 15.9. The Balaban J connectivity index is 0.936. The predicted octanol–water partition coefficient (Wildman–Crippen LogP) is 14.2. The third-order valence-corrected chi connectivity index (χ3v) is 12.0. The second-order valence-electron chi connectivity index (χ2n) is 14.8. The Morgan fingerprint density at radius 3 is 1.76 bits per heavy atom. The molecule has 12 rings (SSSR count). The molecule has 2 heteroatoms. The van der Waals surface area contributed by atoms with E-state index in [4.69, 9.17) is 9.15 Å². The lowest BCUT2D eigenvalue weighted by Crippen LogP contribution is -2.32. The highest BCUT2D eigenvalue weighted by molar-refractivity contribution is 6.19. The average molecular weight is 701 g/mol. The summed E-state index contributed by atoms with van der Waals surface area (Å²) in [4.78, 5) is 0. The lowest BCUT2D eigenvalue weighted by atomic mass is 9.66. The molecule has 1 aliphatic heterocycles. The number of hydrogen-bond acceptors (Lipinski definition) is 2. The van der Waals surface area contributed by atoms with Crippen molar-refractivity contribution in [3.63, 3.8) is 0 Å². The van der Waals surface area contributed by atoms with Gasteiger partial charge in [0.05, 0.1) is 5.41 Å². The van der Waals surface area contributed by atoms with E-state index < -0.39 is 5.41 Å². The molecule has 0 unspecified atom stereocenters. The maximum absolute atomic E-state index is 6.79. The summed E-state index contributed by atoms with van der Waals surface area (Å²) in [6, 6.07) is 70.0. The minimum absolute atomic E-state index is 0.458. The van der Waals surface area contributed by atoms with Gasteiger partial charge < -0.3 is 9.15 Å². The fraction of sp³-hybridized carbons (Fsp3) is 0.0189. The maximum Gasteiger partial charge on any atom is 0.143 e. The fourth-order valence-electron chi connectivity index (χ4n) is 9.56. The second kappa shape index (κ2) is 11.4. The highest BCUT2D eigenvalue weighted by Gasteiger charge is 2.50. The Morgan fingerprint density at radius 2 is 0.945 bits per heavy atom. The van der Waals surface area contributed by atoms with Gasteiger partial charge >= 0.3 is 0 Å². The molecule has 0 saturated heterocycles. The first-order valence-corrected chi connectivity index (χ1v) is 18.9. The minimum atomic E-state index is -0.458. The van der Waals surface area contributed by atoms with Gasteiger partial charge in [0.2, 0.25) is 0 Å². The molecule has 55 heavy (non-hydrogen) atoms. The van der Waals surface area contributed by atoms with Crippen molar-refractivity contribution in [2.45, 2.75) is 5.41 Å². The molecule has 9 aromatic carbocycles. The molecule has 1 aromatic heterocycles. The number of para-hydroxylation sites is 1. The molecular weight excluding hydrogens is 669 g/mol. The van der Waals surface area contributed by atoms with Crippen LogP contribution in [0.4, 0.5) is 0 Å². The van der Waals surface area contributed by atoms with Crippen LogP contribution in [-0.2, 0) is 5.41 Å². The molecule has 10 aromatic rings. The van der Waals surface area contributed by atoms with Gasteiger partial charge in [0, 0.05) is 27.3 Å². The normalized spacial score (nSPS) is 13.4. The van der Waals surface area contributed by atoms with Gasteiger partial charge in [-0.1, -0.05) is 164 Å². The number of rotatable bonds is 3. The van der Waals surface area contributed by atoms with Gasteiger partial charge in [-0.2, -0.15) is 0 Å². The lowest BCUT2D eigenvalue weighted by Gasteiger charge is -2.39. The van der Waals surface area contributed by atoms with E-state index in [1.807, 2.05) is 0 Å². The Bertz CT molecular complexity index is 3140. The van der Waals surface area contributed by atoms with Gasteiger partial charge in [0.25, 0.3) is 0 Å². The van der Waals surface area contributed by atoms with E-state index in [0.717, 1.165) is 55.5 Å². The van der Waals surface area contributed by atoms with E-state index in [-0.39, 0.29) is 0 Å². The number of furan rings is 1. The third kappa shape index (κ3) is 4.25. The molecule has 0 N–H and O–H groups in total. The van der Waals surface area contributed by atoms with Crippen LogP contribution in [0, 0.1) is 0 Å². The number of fused-ring (bicyclic) bond motifs is 14. The number of benzene rings is 9. The summed E-state index contributed by atoms with van der Waals surface area (Å²) >= 11 is 0. The molecular formula is C53H32O2. The minimum Gasteiger partial charge on any atom is -0.457 e. The molecule has 2 heterocycles. The largest absolute Gasteiger partial charge is 0.457 e. The van der Waals surface area contributed by atoms with Crippen LogP contribution in [0.5, 0.6) is 11.5 Å². The standard InChI is InChI=1S/C53H32O2/c1-2-14-40-34(11-1)27-29-43-51-39(17-10-22-49(51)55-52(40)43)35-25-23-33(24-26-35)36-12-9-13-37(31-36)38-28-30-47-50(32-38)54-48-21-8-7-20-46(48)53(47)44-18-5-3-15-41(44)42-16-4-6-19-45(42)53/h1-32H. The summed E-state index contributed by atoms with van der Waals surface area (Å²) in [6.07, 6.45) is 0. The van der Waals surface area contributed by atoms with E-state index in [2.05, 4.69) is 194 Å². The van der Waals surface area contributed by atoms with Gasteiger partial charge in [-0.3, -0.25) is 0 Å². The summed E-state index contributed by atoms with van der Waals surface area (Å²) < 4.78 is 13.3. The van der Waals surface area contributed by atoms with Gasteiger partial charge in [0.15, 0.2) is 0 Å². The zero-order chi connectivity index (χ0) is 36.1. The van der Waals surface area contributed by atoms with Gasteiger partial charge in [0.1, 0.15) is 22.7 Å². The SMILES string of the molecule is c1cc(-c2ccc(-c3cccc4oc5c6ccccc6ccc5c34)cc2)cc(-c2ccc3c(c2)Oc2ccccc2C32c3ccccc3-c3ccccc32)c1. The molecule has 2 nitrogen and oxygen atoms in total. The van der Waals surface area contributed by atoms with Crippen molar-refractivity contribution < 1.29 is 9.15 Å². The Kier molecular flexibility index (Phi) is 6.29. The smallest absolute Gasteiger partial charge is 0.143 e. The quantitative estimate of drug-likeness (QED) is 0.183. The molecule has 0 fully saturated rings. The molecule has 1 spiro atoms. The van der Waals surface area contributed by atoms with Crippen LogP contribution in [0.1, 0.15) is 22.3 Å². The Hall–Kier alpha value is -7.16. The van der Waals surface area contributed by atoms with E-state index in [1.165, 1.54) is 55.5 Å². The maximum atomic E-state index is 6.79. The molecule has 0 saturated carbocycles. The van der Waals surface area contributed by atoms with Crippen LogP contribution in [0.25, 0.3) is 77.2 Å². The molecule has 0 radical (unpaired) electrons. The zero-order valence-corrected chi connectivity index (χ0v) is 29.8. The molecule has 0 amide bonds. The number of hydrogen-bond donors (Lipinski definition) is 0. The first-order chi connectivity index (χ1) is 27.3. The fourth-order valence-corrected chi connectivity index (χ4v) is 9.56. The van der Waals surface area contributed by atoms with Crippen molar-refractivity contribution in [2.24, 2.45) is 0 Å². The first kappa shape index (κ1) is 30.3. The van der Waals surface area contributed by atoms with Crippen LogP contribution in [0.15, 0.2) is 199 Å². The molecule has 256 valence electrons. The summed E-state index contributed by atoms with van der Waals surface area (Å²) in [7, 11) is 0. The van der Waals surface area contributed by atoms with Crippen LogP contribution in [-0.4, -0.2) is 0 Å². The van der Waals surface area contributed by atoms with E-state index in [1.54, 1.807) is 0 Å². The van der Waals surface area contributed by atoms with Gasteiger partial charge in [-0.05, 0) is 91.4 Å². The van der Waals surface area contributed by atoms with Crippen LogP contribution >= 0.6 is 0 Å². The van der Waals surface area contributed by atoms with Crippen LogP contribution in [0.3, 0.4) is 0 Å². The van der Waals surface area contributed by atoms with Gasteiger partial charge in [-0.25, -0.2) is 0 Å². The van der Waals surface area contributed by atoms with Crippen molar-refractivity contribution >= 4 is 32.7 Å². The summed E-state index contributed by atoms with van der Waals surface area (Å²) in [5.74, 6) is 1.80. The molecule has 1 aliphatic carbocycles. The molecule has 2 aliphatic rings. The van der Waals surface area contributed by atoms with E-state index in [0.29, 0.717) is 0 Å². The van der Waals surface area contributed by atoms with Crippen molar-refractivity contribution in [3.8, 4) is 56.0 Å². The van der Waals surface area contributed by atoms with E-state index in [9.17, 15) is 0 Å². The van der Waals surface area contributed by atoms with Crippen molar-refractivity contribution in [1.82, 2.24) is 0 Å². The number of ether oxygens (including phenoxy) is 1. The predicted molar refractivity (Wildman–Crippen MR) is 225 cm³/mol. The Labute approximate surface area is 318 Å². The van der Waals surface area contributed by atoms with Gasteiger partial charge in [-0.15, -0.1) is 0 Å². The summed E-state index contributed by atoms with van der Waals surface area (Å²) in [6.45, 7) is 0. The third-order valence-electron chi connectivity index (χ3n) is 12.0. The van der Waals surface area contributed by atoms with Crippen LogP contribution < -0.4 is 4.74 Å². The molecule has 0 bridgehead atoms. The lowest BCUT2D eigenvalue weighted by molar-refractivity contribution is 0.436. The second-order valence-corrected chi connectivity index (χ2v) is 14.8. The van der Waals surface area contributed by atoms with Crippen LogP contribution in [0.2, 0.25) is 0 Å². The highest BCUT2D eigenvalue weighted by Crippen LogP contribution is 2.62. The first-order valence-electron chi connectivity index (χ1n) is 18.9. The van der Waals surface area contributed by atoms with E-state index >= 15 is 0 Å². The van der Waals surface area contributed by atoms with Crippen molar-refractivity contribution in [1.29, 1.82) is 0 Å².